The Morgan fingerprint density at radius 2 is 1.88 bits per heavy atom. The molecule has 0 saturated carbocycles. The Balaban J connectivity index is 1.26. The van der Waals surface area contributed by atoms with Crippen molar-refractivity contribution in [2.75, 3.05) is 13.1 Å². The van der Waals surface area contributed by atoms with Crippen LogP contribution in [0.15, 0.2) is 53.9 Å². The lowest BCUT2D eigenvalue weighted by Gasteiger charge is -2.25. The van der Waals surface area contributed by atoms with E-state index in [4.69, 9.17) is 11.1 Å². The van der Waals surface area contributed by atoms with Gasteiger partial charge in [0.15, 0.2) is 0 Å². The van der Waals surface area contributed by atoms with Crippen LogP contribution in [0.2, 0.25) is 0 Å². The van der Waals surface area contributed by atoms with Crippen LogP contribution in [-0.4, -0.2) is 60.3 Å². The average molecular weight is 600 g/mol. The standard InChI is InChI=1S/C28H27F2N5O4S2/c1-14(23-9-16(13-40-23)25(31)32)34-27(38)20-10-17(39-28(29)30)12-35(20)24(36)11-33-26(37)15-6-7-22-19(8-15)18-4-2-3-5-21(18)41-22/h2-9,13-14,17,20,28H,10-12H2,1H3,(H3,31,32)(H,33,37)(H,34,38)/t14-,17-,20+/m1/s1. The van der Waals surface area contributed by atoms with Crippen molar-refractivity contribution < 1.29 is 27.9 Å². The first-order chi connectivity index (χ1) is 19.6. The predicted octanol–water partition coefficient (Wildman–Crippen LogP) is 4.22. The quantitative estimate of drug-likeness (QED) is 0.169. The van der Waals surface area contributed by atoms with Gasteiger partial charge in [0.1, 0.15) is 11.9 Å². The van der Waals surface area contributed by atoms with Gasteiger partial charge in [0, 0.05) is 54.5 Å². The highest BCUT2D eigenvalue weighted by molar-refractivity contribution is 7.25. The van der Waals surface area contributed by atoms with Gasteiger partial charge < -0.3 is 26.0 Å². The molecule has 41 heavy (non-hydrogen) atoms. The summed E-state index contributed by atoms with van der Waals surface area (Å²) in [5.41, 5.74) is 6.41. The van der Waals surface area contributed by atoms with Crippen molar-refractivity contribution in [1.82, 2.24) is 15.5 Å². The van der Waals surface area contributed by atoms with Crippen LogP contribution in [0.5, 0.6) is 0 Å². The second kappa shape index (κ2) is 11.9. The van der Waals surface area contributed by atoms with E-state index in [-0.39, 0.29) is 18.8 Å². The third-order valence-corrected chi connectivity index (χ3v) is 9.20. The van der Waals surface area contributed by atoms with Gasteiger partial charge in [-0.1, -0.05) is 18.2 Å². The van der Waals surface area contributed by atoms with Crippen LogP contribution in [0.1, 0.15) is 40.2 Å². The van der Waals surface area contributed by atoms with Crippen LogP contribution in [0.4, 0.5) is 8.78 Å². The smallest absolute Gasteiger partial charge is 0.345 e. The van der Waals surface area contributed by atoms with Crippen LogP contribution in [0.3, 0.4) is 0 Å². The third-order valence-electron chi connectivity index (χ3n) is 6.94. The maximum absolute atomic E-state index is 13.2. The lowest BCUT2D eigenvalue weighted by atomic mass is 10.1. The van der Waals surface area contributed by atoms with Gasteiger partial charge in [0.25, 0.3) is 5.91 Å². The van der Waals surface area contributed by atoms with E-state index in [9.17, 15) is 23.2 Å². The maximum Gasteiger partial charge on any atom is 0.345 e. The number of halogens is 2. The van der Waals surface area contributed by atoms with Gasteiger partial charge in [0.2, 0.25) is 11.8 Å². The van der Waals surface area contributed by atoms with E-state index in [1.807, 2.05) is 30.3 Å². The van der Waals surface area contributed by atoms with Crippen LogP contribution in [0.25, 0.3) is 20.2 Å². The molecule has 0 aliphatic carbocycles. The summed E-state index contributed by atoms with van der Waals surface area (Å²) in [6.07, 6.45) is -1.16. The van der Waals surface area contributed by atoms with Crippen LogP contribution >= 0.6 is 22.7 Å². The molecule has 214 valence electrons. The Morgan fingerprint density at radius 1 is 1.12 bits per heavy atom. The molecule has 5 rings (SSSR count). The molecule has 1 saturated heterocycles. The Bertz CT molecular complexity index is 1640. The number of hydrogen-bond donors (Lipinski definition) is 4. The number of nitrogens with two attached hydrogens (primary N) is 1. The Morgan fingerprint density at radius 3 is 2.61 bits per heavy atom. The predicted molar refractivity (Wildman–Crippen MR) is 155 cm³/mol. The number of thiophene rings is 2. The molecular formula is C28H27F2N5O4S2. The van der Waals surface area contributed by atoms with E-state index in [0.29, 0.717) is 11.1 Å². The summed E-state index contributed by atoms with van der Waals surface area (Å²) < 4.78 is 32.7. The molecule has 3 atom stereocenters. The number of ether oxygens (including phenoxy) is 1. The van der Waals surface area contributed by atoms with Crippen molar-refractivity contribution in [2.24, 2.45) is 5.73 Å². The molecule has 9 nitrogen and oxygen atoms in total. The zero-order valence-electron chi connectivity index (χ0n) is 21.9. The molecule has 0 radical (unpaired) electrons. The van der Waals surface area contributed by atoms with E-state index >= 15 is 0 Å². The first kappa shape index (κ1) is 28.6. The number of carbonyl (C=O) groups excluding carboxylic acids is 3. The van der Waals surface area contributed by atoms with Crippen LogP contribution in [-0.2, 0) is 14.3 Å². The second-order valence-corrected chi connectivity index (χ2v) is 11.7. The topological polar surface area (TPSA) is 138 Å². The Hall–Kier alpha value is -3.94. The molecule has 1 aliphatic rings. The van der Waals surface area contributed by atoms with Gasteiger partial charge in [-0.25, -0.2) is 0 Å². The maximum atomic E-state index is 13.2. The fourth-order valence-electron chi connectivity index (χ4n) is 4.89. The normalized spacial score (nSPS) is 17.7. The summed E-state index contributed by atoms with van der Waals surface area (Å²) in [6, 6.07) is 13.3. The van der Waals surface area contributed by atoms with E-state index in [1.165, 1.54) is 16.2 Å². The lowest BCUT2D eigenvalue weighted by molar-refractivity contribution is -0.160. The van der Waals surface area contributed by atoms with Crippen LogP contribution < -0.4 is 16.4 Å². The molecule has 0 unspecified atom stereocenters. The molecule has 3 heterocycles. The number of amides is 3. The molecule has 4 aromatic rings. The molecule has 0 spiro atoms. The number of nitrogens with one attached hydrogen (secondary N) is 3. The first-order valence-corrected chi connectivity index (χ1v) is 14.5. The van der Waals surface area contributed by atoms with Crippen molar-refractivity contribution in [3.63, 3.8) is 0 Å². The van der Waals surface area contributed by atoms with Gasteiger partial charge >= 0.3 is 6.61 Å². The Kier molecular flexibility index (Phi) is 8.29. The highest BCUT2D eigenvalue weighted by atomic mass is 32.1. The summed E-state index contributed by atoms with van der Waals surface area (Å²) in [5.74, 6) is -1.70. The van der Waals surface area contributed by atoms with Crippen molar-refractivity contribution in [1.29, 1.82) is 5.41 Å². The van der Waals surface area contributed by atoms with E-state index in [1.54, 1.807) is 41.8 Å². The van der Waals surface area contributed by atoms with Gasteiger partial charge in [-0.2, -0.15) is 8.78 Å². The Labute approximate surface area is 241 Å². The number of hydrogen-bond acceptors (Lipinski definition) is 7. The minimum Gasteiger partial charge on any atom is -0.384 e. The van der Waals surface area contributed by atoms with Crippen molar-refractivity contribution >= 4 is 66.4 Å². The molecule has 1 aliphatic heterocycles. The van der Waals surface area contributed by atoms with Gasteiger partial charge in [-0.3, -0.25) is 19.8 Å². The molecule has 2 aromatic heterocycles. The number of nitrogen functional groups attached to an aromatic ring is 1. The number of rotatable bonds is 9. The number of carbonyl (C=O) groups is 3. The summed E-state index contributed by atoms with van der Waals surface area (Å²) in [7, 11) is 0. The number of nitrogens with zero attached hydrogens (tertiary/aromatic N) is 1. The number of fused-ring (bicyclic) bond motifs is 3. The van der Waals surface area contributed by atoms with Crippen LogP contribution in [0, 0.1) is 5.41 Å². The molecule has 13 heteroatoms. The summed E-state index contributed by atoms with van der Waals surface area (Å²) in [6.45, 7) is -1.97. The fourth-order valence-corrected chi connectivity index (χ4v) is 6.90. The molecule has 2 aromatic carbocycles. The number of alkyl halides is 2. The summed E-state index contributed by atoms with van der Waals surface area (Å²) in [5, 5.41) is 16.6. The van der Waals surface area contributed by atoms with Crippen molar-refractivity contribution in [3.8, 4) is 0 Å². The fraction of sp³-hybridized carbons (Fsp3) is 0.286. The zero-order valence-corrected chi connectivity index (χ0v) is 23.5. The lowest BCUT2D eigenvalue weighted by Crippen LogP contribution is -2.49. The monoisotopic (exact) mass is 599 g/mol. The minimum atomic E-state index is -3.06. The highest BCUT2D eigenvalue weighted by Gasteiger charge is 2.41. The van der Waals surface area contributed by atoms with Gasteiger partial charge in [-0.15, -0.1) is 22.7 Å². The van der Waals surface area contributed by atoms with E-state index < -0.39 is 49.1 Å². The largest absolute Gasteiger partial charge is 0.384 e. The molecule has 5 N–H and O–H groups in total. The van der Waals surface area contributed by atoms with E-state index in [0.717, 1.165) is 25.0 Å². The second-order valence-electron chi connectivity index (χ2n) is 9.69. The number of benzene rings is 2. The third kappa shape index (κ3) is 6.21. The molecular weight excluding hydrogens is 572 g/mol. The van der Waals surface area contributed by atoms with Gasteiger partial charge in [0.05, 0.1) is 18.7 Å². The zero-order chi connectivity index (χ0) is 29.3. The van der Waals surface area contributed by atoms with Crippen molar-refractivity contribution in [3.05, 3.63) is 69.9 Å². The molecule has 3 amide bonds. The minimum absolute atomic E-state index is 0.101. The highest BCUT2D eigenvalue weighted by Crippen LogP contribution is 2.34. The average Bonchev–Trinajstić information content (AvgIpc) is 3.68. The summed E-state index contributed by atoms with van der Waals surface area (Å²) >= 11 is 2.93. The molecule has 0 bridgehead atoms. The molecule has 1 fully saturated rings. The number of likely N-dealkylation sites (tertiary alicyclic amines) is 1. The van der Waals surface area contributed by atoms with E-state index in [2.05, 4.69) is 15.4 Å². The van der Waals surface area contributed by atoms with Gasteiger partial charge in [-0.05, 0) is 37.3 Å². The number of amidine groups is 1. The SMILES string of the molecule is C[C@@H](NC(=O)[C@@H]1C[C@@H](OC(F)F)CN1C(=O)CNC(=O)c1ccc2sc3ccccc3c2c1)c1cc(C(=N)N)cs1. The van der Waals surface area contributed by atoms with Crippen molar-refractivity contribution in [2.45, 2.75) is 38.1 Å². The summed E-state index contributed by atoms with van der Waals surface area (Å²) in [4.78, 5) is 41.2. The first-order valence-electron chi connectivity index (χ1n) is 12.8.